The number of carbonyl (C=O) groups is 2. The van der Waals surface area contributed by atoms with E-state index in [9.17, 15) is 9.59 Å². The number of halogens is 1. The van der Waals surface area contributed by atoms with Crippen molar-refractivity contribution >= 4 is 35.3 Å². The molecule has 1 fully saturated rings. The molecule has 0 unspecified atom stereocenters. The van der Waals surface area contributed by atoms with Crippen LogP contribution in [0.4, 0.5) is 0 Å². The summed E-state index contributed by atoms with van der Waals surface area (Å²) in [5, 5.41) is 3.51. The molecule has 0 bridgehead atoms. The number of benzene rings is 1. The summed E-state index contributed by atoms with van der Waals surface area (Å²) in [5.41, 5.74) is 6.19. The zero-order valence-corrected chi connectivity index (χ0v) is 16.4. The molecule has 2 aromatic rings. The maximum absolute atomic E-state index is 12.5. The summed E-state index contributed by atoms with van der Waals surface area (Å²) in [5.74, 6) is -0.851. The van der Waals surface area contributed by atoms with Crippen molar-refractivity contribution in [3.63, 3.8) is 0 Å². The molecule has 1 aliphatic heterocycles. The predicted octanol–water partition coefficient (Wildman–Crippen LogP) is 2.12. The summed E-state index contributed by atoms with van der Waals surface area (Å²) >= 11 is 0. The number of aromatic nitrogens is 2. The lowest BCUT2D eigenvalue weighted by atomic mass is 9.76. The van der Waals surface area contributed by atoms with E-state index in [0.717, 1.165) is 5.52 Å². The van der Waals surface area contributed by atoms with Gasteiger partial charge >= 0.3 is 5.97 Å². The first-order valence-electron chi connectivity index (χ1n) is 8.24. The SMILES string of the molecule is COC(=O)[C@@H]1[C@@H](c2nc3c(C(N)=O)cccc3[nH]2)C(C)(C)NC1(C)C.Cl. The molecule has 1 aliphatic rings. The Kier molecular flexibility index (Phi) is 5.09. The molecule has 142 valence electrons. The number of ether oxygens (including phenoxy) is 1. The standard InChI is InChI=1S/C18H24N4O3.ClH/c1-17(2)11(12(16(24)25-5)18(3,4)22-17)15-20-10-8-6-7-9(14(19)23)13(10)21-15;/h6-8,11-12,22H,1-5H3,(H2,19,23)(H,20,21);1H/t11-,12-;/m0./s1. The summed E-state index contributed by atoms with van der Waals surface area (Å²) < 4.78 is 5.06. The van der Waals surface area contributed by atoms with Crippen LogP contribution in [0.1, 0.15) is 49.8 Å². The second-order valence-electron chi connectivity index (χ2n) is 7.73. The number of hydrogen-bond donors (Lipinski definition) is 3. The van der Waals surface area contributed by atoms with Crippen LogP contribution in [0.5, 0.6) is 0 Å². The topological polar surface area (TPSA) is 110 Å². The van der Waals surface area contributed by atoms with E-state index < -0.39 is 22.9 Å². The minimum atomic E-state index is -0.530. The number of primary amides is 1. The number of aromatic amines is 1. The van der Waals surface area contributed by atoms with Gasteiger partial charge in [0.15, 0.2) is 0 Å². The molecule has 1 amide bonds. The fourth-order valence-electron chi connectivity index (χ4n) is 4.27. The monoisotopic (exact) mass is 380 g/mol. The minimum Gasteiger partial charge on any atom is -0.469 e. The smallest absolute Gasteiger partial charge is 0.311 e. The molecule has 0 spiro atoms. The Morgan fingerprint density at radius 1 is 1.19 bits per heavy atom. The van der Waals surface area contributed by atoms with Crippen LogP contribution < -0.4 is 11.1 Å². The molecule has 8 heteroatoms. The number of nitrogens with zero attached hydrogens (tertiary/aromatic N) is 1. The van der Waals surface area contributed by atoms with Crippen LogP contribution in [0.3, 0.4) is 0 Å². The van der Waals surface area contributed by atoms with Crippen molar-refractivity contribution in [3.8, 4) is 0 Å². The number of rotatable bonds is 3. The van der Waals surface area contributed by atoms with Gasteiger partial charge in [-0.05, 0) is 39.8 Å². The van der Waals surface area contributed by atoms with Gasteiger partial charge < -0.3 is 20.8 Å². The lowest BCUT2D eigenvalue weighted by molar-refractivity contribution is -0.147. The predicted molar refractivity (Wildman–Crippen MR) is 101 cm³/mol. The summed E-state index contributed by atoms with van der Waals surface area (Å²) in [6, 6.07) is 5.24. The van der Waals surface area contributed by atoms with E-state index in [2.05, 4.69) is 15.3 Å². The van der Waals surface area contributed by atoms with Crippen LogP contribution in [-0.4, -0.2) is 40.0 Å². The van der Waals surface area contributed by atoms with Gasteiger partial charge in [-0.1, -0.05) is 6.07 Å². The van der Waals surface area contributed by atoms with E-state index in [1.165, 1.54) is 7.11 Å². The molecule has 0 radical (unpaired) electrons. The van der Waals surface area contributed by atoms with Crippen LogP contribution in [0, 0.1) is 5.92 Å². The van der Waals surface area contributed by atoms with Gasteiger partial charge in [0.1, 0.15) is 11.3 Å². The Labute approximate surface area is 158 Å². The maximum atomic E-state index is 12.5. The fourth-order valence-corrected chi connectivity index (χ4v) is 4.27. The minimum absolute atomic E-state index is 0. The zero-order valence-electron chi connectivity index (χ0n) is 15.5. The van der Waals surface area contributed by atoms with Gasteiger partial charge in [0, 0.05) is 17.0 Å². The summed E-state index contributed by atoms with van der Waals surface area (Å²) in [7, 11) is 1.39. The van der Waals surface area contributed by atoms with Gasteiger partial charge in [-0.2, -0.15) is 0 Å². The van der Waals surface area contributed by atoms with Crippen LogP contribution >= 0.6 is 12.4 Å². The lowest BCUT2D eigenvalue weighted by Crippen LogP contribution is -2.46. The summed E-state index contributed by atoms with van der Waals surface area (Å²) in [4.78, 5) is 32.1. The van der Waals surface area contributed by atoms with Crippen molar-refractivity contribution in [2.45, 2.75) is 44.7 Å². The first-order chi connectivity index (χ1) is 11.6. The molecule has 26 heavy (non-hydrogen) atoms. The third-order valence-corrected chi connectivity index (χ3v) is 5.08. The second-order valence-corrected chi connectivity index (χ2v) is 7.73. The van der Waals surface area contributed by atoms with Gasteiger partial charge in [0.05, 0.1) is 24.1 Å². The van der Waals surface area contributed by atoms with Crippen LogP contribution in [0.2, 0.25) is 0 Å². The molecule has 1 aromatic carbocycles. The average molecular weight is 381 g/mol. The first kappa shape index (κ1) is 20.2. The van der Waals surface area contributed by atoms with E-state index >= 15 is 0 Å². The number of fused-ring (bicyclic) bond motifs is 1. The molecule has 0 saturated carbocycles. The van der Waals surface area contributed by atoms with Gasteiger partial charge in [-0.3, -0.25) is 9.59 Å². The van der Waals surface area contributed by atoms with Gasteiger partial charge in [-0.15, -0.1) is 12.4 Å². The fraction of sp³-hybridized carbons (Fsp3) is 0.500. The molecule has 1 saturated heterocycles. The van der Waals surface area contributed by atoms with Crippen LogP contribution in [-0.2, 0) is 9.53 Å². The van der Waals surface area contributed by atoms with Crippen LogP contribution in [0.15, 0.2) is 18.2 Å². The number of methoxy groups -OCH3 is 1. The number of carbonyl (C=O) groups excluding carboxylic acids is 2. The Morgan fingerprint density at radius 2 is 1.85 bits per heavy atom. The molecule has 3 rings (SSSR count). The van der Waals surface area contributed by atoms with Crippen molar-refractivity contribution in [2.24, 2.45) is 11.7 Å². The normalized spacial score (nSPS) is 23.4. The highest BCUT2D eigenvalue weighted by atomic mass is 35.5. The summed E-state index contributed by atoms with van der Waals surface area (Å²) in [6.07, 6.45) is 0. The van der Waals surface area contributed by atoms with Gasteiger partial charge in [0.25, 0.3) is 5.91 Å². The molecule has 0 aliphatic carbocycles. The summed E-state index contributed by atoms with van der Waals surface area (Å²) in [6.45, 7) is 8.02. The van der Waals surface area contributed by atoms with Gasteiger partial charge in [-0.25, -0.2) is 4.98 Å². The quantitative estimate of drug-likeness (QED) is 0.706. The van der Waals surface area contributed by atoms with Crippen molar-refractivity contribution in [2.75, 3.05) is 7.11 Å². The third-order valence-electron chi connectivity index (χ3n) is 5.08. The highest BCUT2D eigenvalue weighted by molar-refractivity contribution is 6.04. The van der Waals surface area contributed by atoms with E-state index in [-0.39, 0.29) is 24.3 Å². The molecule has 1 aromatic heterocycles. The number of nitrogens with one attached hydrogen (secondary N) is 2. The van der Waals surface area contributed by atoms with Crippen molar-refractivity contribution in [1.29, 1.82) is 0 Å². The number of amides is 1. The van der Waals surface area contributed by atoms with Crippen molar-refractivity contribution in [3.05, 3.63) is 29.6 Å². The Bertz CT molecular complexity index is 859. The van der Waals surface area contributed by atoms with Crippen molar-refractivity contribution < 1.29 is 14.3 Å². The van der Waals surface area contributed by atoms with E-state index in [1.807, 2.05) is 33.8 Å². The zero-order chi connectivity index (χ0) is 18.6. The Hall–Kier alpha value is -2.12. The number of imidazole rings is 1. The highest BCUT2D eigenvalue weighted by Gasteiger charge is 2.57. The number of H-pyrrole nitrogens is 1. The maximum Gasteiger partial charge on any atom is 0.311 e. The third kappa shape index (κ3) is 3.05. The van der Waals surface area contributed by atoms with E-state index in [1.54, 1.807) is 12.1 Å². The second kappa shape index (κ2) is 6.55. The Morgan fingerprint density at radius 3 is 2.42 bits per heavy atom. The van der Waals surface area contributed by atoms with Gasteiger partial charge in [0.2, 0.25) is 0 Å². The molecule has 7 nitrogen and oxygen atoms in total. The first-order valence-corrected chi connectivity index (χ1v) is 8.24. The highest BCUT2D eigenvalue weighted by Crippen LogP contribution is 2.47. The molecule has 2 atom stereocenters. The average Bonchev–Trinajstić information content (AvgIpc) is 3.00. The Balaban J connectivity index is 0.00000243. The molecular weight excluding hydrogens is 356 g/mol. The number of hydrogen-bond acceptors (Lipinski definition) is 5. The lowest BCUT2D eigenvalue weighted by Gasteiger charge is -2.27. The molecule has 4 N–H and O–H groups in total. The molecule has 2 heterocycles. The van der Waals surface area contributed by atoms with E-state index in [4.69, 9.17) is 10.5 Å². The van der Waals surface area contributed by atoms with Crippen LogP contribution in [0.25, 0.3) is 11.0 Å². The number of para-hydroxylation sites is 1. The largest absolute Gasteiger partial charge is 0.469 e. The number of nitrogens with two attached hydrogens (primary N) is 1. The van der Waals surface area contributed by atoms with Crippen molar-refractivity contribution in [1.82, 2.24) is 15.3 Å². The molecular formula is C18H25ClN4O3. The van der Waals surface area contributed by atoms with E-state index in [0.29, 0.717) is 16.9 Å². The number of esters is 1.